The third-order valence-corrected chi connectivity index (χ3v) is 5.52. The van der Waals surface area contributed by atoms with Gasteiger partial charge in [-0.2, -0.15) is 0 Å². The molecule has 2 heterocycles. The van der Waals surface area contributed by atoms with Crippen LogP contribution < -0.4 is 0 Å². The Bertz CT molecular complexity index is 338. The molecule has 0 aromatic rings. The molecule has 0 aromatic heterocycles. The zero-order valence-corrected chi connectivity index (χ0v) is 11.6. The molecule has 3 aliphatic rings. The zero-order valence-electron chi connectivity index (χ0n) is 11.6. The highest BCUT2D eigenvalue weighted by atomic mass is 16.5. The molecule has 0 aromatic carbocycles. The van der Waals surface area contributed by atoms with Crippen LogP contribution in [0.2, 0.25) is 0 Å². The third kappa shape index (κ3) is 2.52. The summed E-state index contributed by atoms with van der Waals surface area (Å²) in [6.07, 6.45) is 7.90. The molecule has 4 heteroatoms. The highest BCUT2D eigenvalue weighted by Crippen LogP contribution is 2.40. The number of ether oxygens (including phenoxy) is 1. The van der Waals surface area contributed by atoms with E-state index in [1.165, 1.54) is 32.1 Å². The van der Waals surface area contributed by atoms with Crippen molar-refractivity contribution in [1.29, 1.82) is 0 Å². The monoisotopic (exact) mass is 267 g/mol. The van der Waals surface area contributed by atoms with Gasteiger partial charge in [0.25, 0.3) is 0 Å². The molecule has 0 amide bonds. The van der Waals surface area contributed by atoms with Gasteiger partial charge in [-0.15, -0.1) is 0 Å². The summed E-state index contributed by atoms with van der Waals surface area (Å²) in [5.74, 6) is 0.218. The number of hydrogen-bond acceptors (Lipinski definition) is 3. The number of nitrogens with zero attached hydrogens (tertiary/aromatic N) is 1. The molecule has 1 N–H and O–H groups in total. The van der Waals surface area contributed by atoms with Crippen molar-refractivity contribution in [2.24, 2.45) is 11.3 Å². The maximum atomic E-state index is 11.8. The normalized spacial score (nSPS) is 34.9. The molecule has 3 rings (SSSR count). The van der Waals surface area contributed by atoms with Crippen LogP contribution in [0.4, 0.5) is 0 Å². The number of fused-ring (bicyclic) bond motifs is 1. The van der Waals surface area contributed by atoms with Crippen molar-refractivity contribution in [3.63, 3.8) is 0 Å². The molecule has 4 nitrogen and oxygen atoms in total. The van der Waals surface area contributed by atoms with E-state index in [1.54, 1.807) is 0 Å². The first kappa shape index (κ1) is 13.4. The lowest BCUT2D eigenvalue weighted by atomic mass is 9.78. The number of likely N-dealkylation sites (tertiary alicyclic amines) is 1. The number of rotatable bonds is 3. The van der Waals surface area contributed by atoms with Gasteiger partial charge >= 0.3 is 5.97 Å². The minimum Gasteiger partial charge on any atom is -0.481 e. The number of aliphatic carboxylic acids is 1. The Morgan fingerprint density at radius 3 is 2.68 bits per heavy atom. The van der Waals surface area contributed by atoms with E-state index < -0.39 is 11.4 Å². The maximum absolute atomic E-state index is 11.8. The molecule has 0 radical (unpaired) electrons. The summed E-state index contributed by atoms with van der Waals surface area (Å²) in [5, 5.41) is 9.68. The van der Waals surface area contributed by atoms with Gasteiger partial charge in [0.15, 0.2) is 0 Å². The van der Waals surface area contributed by atoms with Crippen LogP contribution in [0.1, 0.15) is 44.9 Å². The van der Waals surface area contributed by atoms with Crippen molar-refractivity contribution in [1.82, 2.24) is 4.90 Å². The van der Waals surface area contributed by atoms with E-state index in [2.05, 4.69) is 4.90 Å². The summed E-state index contributed by atoms with van der Waals surface area (Å²) in [4.78, 5) is 14.3. The average Bonchev–Trinajstić information content (AvgIpc) is 2.89. The minimum atomic E-state index is -0.615. The summed E-state index contributed by atoms with van der Waals surface area (Å²) in [5.41, 5.74) is -0.553. The predicted molar refractivity (Wildman–Crippen MR) is 72.1 cm³/mol. The second-order valence-corrected chi connectivity index (χ2v) is 6.57. The maximum Gasteiger partial charge on any atom is 0.311 e. The van der Waals surface area contributed by atoms with E-state index >= 15 is 0 Å². The van der Waals surface area contributed by atoms with Crippen LogP contribution in [-0.4, -0.2) is 48.3 Å². The number of piperidine rings is 1. The van der Waals surface area contributed by atoms with Crippen molar-refractivity contribution in [3.8, 4) is 0 Å². The van der Waals surface area contributed by atoms with E-state index in [1.807, 2.05) is 0 Å². The Morgan fingerprint density at radius 1 is 1.21 bits per heavy atom. The molecule has 2 unspecified atom stereocenters. The molecule has 3 fully saturated rings. The summed E-state index contributed by atoms with van der Waals surface area (Å²) in [6.45, 7) is 3.05. The number of carboxylic acids is 1. The second-order valence-electron chi connectivity index (χ2n) is 6.57. The molecular formula is C15H25NO3. The lowest BCUT2D eigenvalue weighted by Crippen LogP contribution is -2.52. The topological polar surface area (TPSA) is 49.8 Å². The molecule has 0 spiro atoms. The van der Waals surface area contributed by atoms with E-state index in [4.69, 9.17) is 4.74 Å². The summed E-state index contributed by atoms with van der Waals surface area (Å²) in [6, 6.07) is 0.660. The van der Waals surface area contributed by atoms with Crippen LogP contribution >= 0.6 is 0 Å². The summed E-state index contributed by atoms with van der Waals surface area (Å²) >= 11 is 0. The van der Waals surface area contributed by atoms with E-state index in [0.29, 0.717) is 32.1 Å². The van der Waals surface area contributed by atoms with Crippen LogP contribution in [0, 0.1) is 11.3 Å². The van der Waals surface area contributed by atoms with Crippen molar-refractivity contribution in [2.45, 2.75) is 51.0 Å². The molecule has 2 atom stereocenters. The fourth-order valence-electron chi connectivity index (χ4n) is 4.34. The molecule has 0 bridgehead atoms. The van der Waals surface area contributed by atoms with Gasteiger partial charge in [0.1, 0.15) is 0 Å². The summed E-state index contributed by atoms with van der Waals surface area (Å²) < 4.78 is 5.37. The molecule has 1 aliphatic carbocycles. The first-order chi connectivity index (χ1) is 9.21. The largest absolute Gasteiger partial charge is 0.481 e. The van der Waals surface area contributed by atoms with E-state index in [-0.39, 0.29) is 0 Å². The minimum absolute atomic E-state index is 0.553. The number of carbonyl (C=O) groups is 1. The molecule has 19 heavy (non-hydrogen) atoms. The van der Waals surface area contributed by atoms with Crippen molar-refractivity contribution >= 4 is 5.97 Å². The highest BCUT2D eigenvalue weighted by Gasteiger charge is 2.45. The van der Waals surface area contributed by atoms with E-state index in [9.17, 15) is 9.90 Å². The van der Waals surface area contributed by atoms with Crippen molar-refractivity contribution in [3.05, 3.63) is 0 Å². The van der Waals surface area contributed by atoms with Crippen molar-refractivity contribution < 1.29 is 14.6 Å². The van der Waals surface area contributed by atoms with Crippen molar-refractivity contribution in [2.75, 3.05) is 26.3 Å². The fourth-order valence-corrected chi connectivity index (χ4v) is 4.34. The van der Waals surface area contributed by atoms with Crippen LogP contribution in [0.5, 0.6) is 0 Å². The van der Waals surface area contributed by atoms with Gasteiger partial charge in [0, 0.05) is 25.8 Å². The van der Waals surface area contributed by atoms with Gasteiger partial charge in [0.2, 0.25) is 0 Å². The molecule has 1 saturated carbocycles. The standard InChI is InChI=1S/C15H25NO3/c17-14(18)15(6-9-19-10-7-15)11-16-8-2-4-12-3-1-5-13(12)16/h12-13H,1-11H2,(H,17,18). The Hall–Kier alpha value is -0.610. The first-order valence-corrected chi connectivity index (χ1v) is 7.76. The highest BCUT2D eigenvalue weighted by molar-refractivity contribution is 5.75. The van der Waals surface area contributed by atoms with Crippen LogP contribution in [-0.2, 0) is 9.53 Å². The zero-order chi connectivity index (χ0) is 13.3. The van der Waals surface area contributed by atoms with Gasteiger partial charge in [-0.3, -0.25) is 9.69 Å². The SMILES string of the molecule is O=C(O)C1(CN2CCCC3CCCC32)CCOCC1. The van der Waals surface area contributed by atoms with Crippen LogP contribution in [0.25, 0.3) is 0 Å². The lowest BCUT2D eigenvalue weighted by molar-refractivity contribution is -0.157. The fraction of sp³-hybridized carbons (Fsp3) is 0.933. The van der Waals surface area contributed by atoms with Gasteiger partial charge in [-0.1, -0.05) is 6.42 Å². The predicted octanol–water partition coefficient (Wildman–Crippen LogP) is 2.13. The quantitative estimate of drug-likeness (QED) is 0.851. The average molecular weight is 267 g/mol. The Balaban J connectivity index is 1.72. The molecular weight excluding hydrogens is 242 g/mol. The van der Waals surface area contributed by atoms with Gasteiger partial charge in [-0.05, 0) is 51.0 Å². The lowest BCUT2D eigenvalue weighted by Gasteiger charge is -2.44. The van der Waals surface area contributed by atoms with Crippen LogP contribution in [0.3, 0.4) is 0 Å². The molecule has 2 aliphatic heterocycles. The van der Waals surface area contributed by atoms with Gasteiger partial charge in [0.05, 0.1) is 5.41 Å². The van der Waals surface area contributed by atoms with Gasteiger partial charge < -0.3 is 9.84 Å². The first-order valence-electron chi connectivity index (χ1n) is 7.76. The van der Waals surface area contributed by atoms with E-state index in [0.717, 1.165) is 19.0 Å². The van der Waals surface area contributed by atoms with Crippen LogP contribution in [0.15, 0.2) is 0 Å². The Kier molecular flexibility index (Phi) is 3.81. The number of carboxylic acid groups (broad SMARTS) is 1. The molecule has 2 saturated heterocycles. The number of hydrogen-bond donors (Lipinski definition) is 1. The third-order valence-electron chi connectivity index (χ3n) is 5.52. The van der Waals surface area contributed by atoms with Gasteiger partial charge in [-0.25, -0.2) is 0 Å². The Morgan fingerprint density at radius 2 is 1.95 bits per heavy atom. The molecule has 108 valence electrons. The Labute approximate surface area is 115 Å². The second kappa shape index (κ2) is 5.41. The summed E-state index contributed by atoms with van der Waals surface area (Å²) in [7, 11) is 0. The smallest absolute Gasteiger partial charge is 0.311 e.